The molecule has 2 aliphatic heterocycles. The molecule has 3 heterocycles. The predicted molar refractivity (Wildman–Crippen MR) is 173 cm³/mol. The molecule has 0 saturated carbocycles. The van der Waals surface area contributed by atoms with Gasteiger partial charge in [-0.3, -0.25) is 14.3 Å². The first-order valence-corrected chi connectivity index (χ1v) is 18.4. The van der Waals surface area contributed by atoms with Crippen LogP contribution in [0.2, 0.25) is 18.6 Å². The van der Waals surface area contributed by atoms with Crippen LogP contribution in [0.25, 0.3) is 0 Å². The molecule has 45 heavy (non-hydrogen) atoms. The number of anilines is 2. The minimum absolute atomic E-state index is 0.00830. The average molecular weight is 626 g/mol. The third-order valence-corrected chi connectivity index (χ3v) is 11.6. The lowest BCUT2D eigenvalue weighted by Gasteiger charge is -2.32. The monoisotopic (exact) mass is 625 g/mol. The first kappa shape index (κ1) is 30.8. The van der Waals surface area contributed by atoms with E-state index in [0.29, 0.717) is 48.4 Å². The molecule has 0 aliphatic carbocycles. The second kappa shape index (κ2) is 12.3. The van der Waals surface area contributed by atoms with Gasteiger partial charge in [-0.15, -0.1) is 5.10 Å². The summed E-state index contributed by atoms with van der Waals surface area (Å²) in [5.41, 5.74) is 2.60. The molecule has 2 amide bonds. The Balaban J connectivity index is 1.38. The molecule has 11 heteroatoms. The molecule has 234 valence electrons. The van der Waals surface area contributed by atoms with Crippen molar-refractivity contribution in [3.8, 4) is 0 Å². The fourth-order valence-corrected chi connectivity index (χ4v) is 9.68. The summed E-state index contributed by atoms with van der Waals surface area (Å²) >= 11 is 0. The molecule has 2 aliphatic rings. The van der Waals surface area contributed by atoms with Crippen LogP contribution in [0.1, 0.15) is 40.5 Å². The summed E-state index contributed by atoms with van der Waals surface area (Å²) in [4.78, 5) is 41.2. The normalized spacial score (nSPS) is 22.6. The molecule has 1 fully saturated rings. The fourth-order valence-electron chi connectivity index (χ4n) is 7.08. The van der Waals surface area contributed by atoms with Gasteiger partial charge in [0.1, 0.15) is 0 Å². The summed E-state index contributed by atoms with van der Waals surface area (Å²) in [6.45, 7) is 6.64. The number of nitrogens with one attached hydrogen (secondary N) is 1. The molecule has 1 saturated heterocycles. The van der Waals surface area contributed by atoms with Crippen LogP contribution < -0.4 is 10.2 Å². The maximum absolute atomic E-state index is 14.7. The molecule has 4 aromatic rings. The van der Waals surface area contributed by atoms with Crippen molar-refractivity contribution in [2.45, 2.75) is 63.2 Å². The van der Waals surface area contributed by atoms with Crippen molar-refractivity contribution in [1.29, 1.82) is 0 Å². The molecule has 3 N–H and O–H groups in total. The maximum Gasteiger partial charge on any atom is 0.264 e. The molecule has 0 radical (unpaired) electrons. The lowest BCUT2D eigenvalue weighted by Crippen LogP contribution is -2.46. The molecular formula is C34H39N5O5Si. The Kier molecular flexibility index (Phi) is 8.44. The van der Waals surface area contributed by atoms with Crippen LogP contribution in [-0.4, -0.2) is 57.7 Å². The van der Waals surface area contributed by atoms with Gasteiger partial charge in [-0.05, 0) is 55.4 Å². The molecule has 1 aromatic heterocycles. The minimum Gasteiger partial charge on any atom is -0.432 e. The van der Waals surface area contributed by atoms with E-state index in [1.54, 1.807) is 27.9 Å². The highest BCUT2D eigenvalue weighted by Gasteiger charge is 2.66. The number of carbonyl (C=O) groups excluding carboxylic acids is 2. The Hall–Kier alpha value is -4.16. The van der Waals surface area contributed by atoms with Gasteiger partial charge in [0.05, 0.1) is 24.0 Å². The van der Waals surface area contributed by atoms with Crippen molar-refractivity contribution in [1.82, 2.24) is 15.0 Å². The van der Waals surface area contributed by atoms with Gasteiger partial charge in [0.15, 0.2) is 13.9 Å². The van der Waals surface area contributed by atoms with Crippen LogP contribution in [-0.2, 0) is 34.6 Å². The summed E-state index contributed by atoms with van der Waals surface area (Å²) in [5, 5.41) is 20.6. The van der Waals surface area contributed by atoms with Gasteiger partial charge < -0.3 is 24.9 Å². The molecule has 4 atom stereocenters. The van der Waals surface area contributed by atoms with Gasteiger partial charge in [0.25, 0.3) is 11.8 Å². The minimum atomic E-state index is -2.86. The first-order valence-electron chi connectivity index (χ1n) is 15.4. The van der Waals surface area contributed by atoms with E-state index in [1.807, 2.05) is 86.7 Å². The highest BCUT2D eigenvalue weighted by atomic mass is 28.4. The van der Waals surface area contributed by atoms with E-state index in [0.717, 1.165) is 11.3 Å². The van der Waals surface area contributed by atoms with Crippen LogP contribution in [0.5, 0.6) is 0 Å². The van der Waals surface area contributed by atoms with Crippen molar-refractivity contribution in [3.63, 3.8) is 0 Å². The maximum atomic E-state index is 14.7. The Morgan fingerprint density at radius 3 is 2.47 bits per heavy atom. The lowest BCUT2D eigenvalue weighted by atomic mass is 9.82. The fraction of sp³-hybridized carbons (Fsp3) is 0.353. The number of aromatic nitrogens is 3. The van der Waals surface area contributed by atoms with Gasteiger partial charge in [0, 0.05) is 54.0 Å². The highest BCUT2D eigenvalue weighted by Crippen LogP contribution is 2.60. The highest BCUT2D eigenvalue weighted by molar-refractivity contribution is 6.71. The van der Waals surface area contributed by atoms with Crippen molar-refractivity contribution in [2.75, 3.05) is 16.8 Å². The number of fused-ring (bicyclic) bond motifs is 2. The van der Waals surface area contributed by atoms with Crippen molar-refractivity contribution in [2.24, 2.45) is 5.92 Å². The van der Waals surface area contributed by atoms with E-state index in [4.69, 9.17) is 4.74 Å². The van der Waals surface area contributed by atoms with Crippen LogP contribution in [0.15, 0.2) is 85.1 Å². The van der Waals surface area contributed by atoms with E-state index < -0.39 is 20.0 Å². The summed E-state index contributed by atoms with van der Waals surface area (Å²) in [5.74, 6) is -0.761. The summed E-state index contributed by atoms with van der Waals surface area (Å²) in [7, 11) is -2.86. The largest absolute Gasteiger partial charge is 0.432 e. The molecular weight excluding hydrogens is 586 g/mol. The topological polar surface area (TPSA) is 130 Å². The van der Waals surface area contributed by atoms with Crippen LogP contribution in [0.4, 0.5) is 11.4 Å². The van der Waals surface area contributed by atoms with Crippen LogP contribution >= 0.6 is 0 Å². The average Bonchev–Trinajstić information content (AvgIpc) is 3.67. The number of aliphatic hydroxyl groups excluding tert-OH is 1. The summed E-state index contributed by atoms with van der Waals surface area (Å²) in [6.07, 6.45) is 2.32. The zero-order valence-corrected chi connectivity index (χ0v) is 26.8. The zero-order chi connectivity index (χ0) is 31.8. The molecule has 0 bridgehead atoms. The third-order valence-electron chi connectivity index (χ3n) is 9.06. The quantitative estimate of drug-likeness (QED) is 0.221. The SMILES string of the molecule is C[C@@H]1[C@@H]([Si](C)(C)O)[C@H](CCn2cc(CCO)nn2)O[C@@]12C(=O)N(Cc1ccccc1)c1ccc(NC(=O)c3ccccc3)cc12. The van der Waals surface area contributed by atoms with E-state index in [1.165, 1.54) is 0 Å². The van der Waals surface area contributed by atoms with E-state index in [9.17, 15) is 19.5 Å². The smallest absolute Gasteiger partial charge is 0.264 e. The second-order valence-electron chi connectivity index (χ2n) is 12.5. The number of hydrogen-bond donors (Lipinski definition) is 3. The number of amides is 2. The van der Waals surface area contributed by atoms with Gasteiger partial charge in [0.2, 0.25) is 0 Å². The third kappa shape index (κ3) is 5.84. The first-order chi connectivity index (χ1) is 21.6. The van der Waals surface area contributed by atoms with Crippen LogP contribution in [0, 0.1) is 5.92 Å². The van der Waals surface area contributed by atoms with E-state index in [-0.39, 0.29) is 29.9 Å². The van der Waals surface area contributed by atoms with Gasteiger partial charge in [-0.1, -0.05) is 60.7 Å². The van der Waals surface area contributed by atoms with Gasteiger partial charge >= 0.3 is 0 Å². The molecule has 0 unspecified atom stereocenters. The number of nitrogens with zero attached hydrogens (tertiary/aromatic N) is 4. The summed E-state index contributed by atoms with van der Waals surface area (Å²) in [6, 6.07) is 24.4. The number of benzene rings is 3. The Morgan fingerprint density at radius 2 is 1.78 bits per heavy atom. The Morgan fingerprint density at radius 1 is 1.07 bits per heavy atom. The number of aliphatic hydroxyl groups is 1. The number of ether oxygens (including phenoxy) is 1. The number of rotatable bonds is 10. The lowest BCUT2D eigenvalue weighted by molar-refractivity contribution is -0.146. The molecule has 1 spiro atoms. The van der Waals surface area contributed by atoms with Crippen molar-refractivity contribution < 1.29 is 24.2 Å². The van der Waals surface area contributed by atoms with E-state index in [2.05, 4.69) is 15.6 Å². The number of aryl methyl sites for hydroxylation is 1. The molecule has 6 rings (SSSR count). The number of hydrogen-bond acceptors (Lipinski definition) is 7. The van der Waals surface area contributed by atoms with Crippen molar-refractivity contribution in [3.05, 3.63) is 107 Å². The van der Waals surface area contributed by atoms with Crippen LogP contribution in [0.3, 0.4) is 0 Å². The number of carbonyl (C=O) groups is 2. The second-order valence-corrected chi connectivity index (χ2v) is 16.5. The Labute approximate surface area is 263 Å². The predicted octanol–water partition coefficient (Wildman–Crippen LogP) is 4.50. The molecule has 10 nitrogen and oxygen atoms in total. The zero-order valence-electron chi connectivity index (χ0n) is 25.8. The standard InChI is InChI=1S/C34H39N5O5Si/c1-23-31(45(2,3)43)30(16-18-38-22-27(17-19-40)36-37-38)44-34(23)28-20-26(35-32(41)25-12-8-5-9-13-25)14-15-29(28)39(33(34)42)21-24-10-6-4-7-11-24/h4-15,20,22-23,30-31,40,43H,16-19,21H2,1-3H3,(H,35,41)/t23-,30+,31-,34+/m1/s1. The van der Waals surface area contributed by atoms with E-state index >= 15 is 0 Å². The van der Waals surface area contributed by atoms with Gasteiger partial charge in [-0.25, -0.2) is 0 Å². The van der Waals surface area contributed by atoms with Crippen molar-refractivity contribution >= 4 is 31.5 Å². The Bertz CT molecular complexity index is 1680. The molecule has 3 aromatic carbocycles. The van der Waals surface area contributed by atoms with Gasteiger partial charge in [-0.2, -0.15) is 0 Å². The summed E-state index contributed by atoms with van der Waals surface area (Å²) < 4.78 is 8.68.